The summed E-state index contributed by atoms with van der Waals surface area (Å²) >= 11 is 0. The van der Waals surface area contributed by atoms with Crippen LogP contribution in [0.1, 0.15) is 32.1 Å². The van der Waals surface area contributed by atoms with E-state index in [2.05, 4.69) is 11.9 Å². The van der Waals surface area contributed by atoms with Gasteiger partial charge in [0.1, 0.15) is 0 Å². The van der Waals surface area contributed by atoms with Gasteiger partial charge in [0.05, 0.1) is 0 Å². The molecule has 1 heterocycles. The monoisotopic (exact) mass is 194 g/mol. The van der Waals surface area contributed by atoms with Crippen molar-refractivity contribution >= 4 is 0 Å². The Kier molecular flexibility index (Phi) is 1.94. The summed E-state index contributed by atoms with van der Waals surface area (Å²) in [4.78, 5) is 2.46. The molecule has 0 aromatic carbocycles. The Morgan fingerprint density at radius 2 is 1.93 bits per heavy atom. The van der Waals surface area contributed by atoms with Gasteiger partial charge in [-0.3, -0.25) is 0 Å². The van der Waals surface area contributed by atoms with Gasteiger partial charge in [-0.2, -0.15) is 0 Å². The minimum absolute atomic E-state index is 0.537. The fourth-order valence-corrected chi connectivity index (χ4v) is 4.38. The number of nitrogens with two attached hydrogens (primary N) is 1. The Morgan fingerprint density at radius 3 is 2.50 bits per heavy atom. The van der Waals surface area contributed by atoms with Crippen molar-refractivity contribution in [1.82, 2.24) is 4.90 Å². The van der Waals surface area contributed by atoms with E-state index < -0.39 is 0 Å². The highest BCUT2D eigenvalue weighted by molar-refractivity contribution is 5.09. The summed E-state index contributed by atoms with van der Waals surface area (Å²) in [5, 5.41) is 0. The molecule has 2 aliphatic carbocycles. The first-order chi connectivity index (χ1) is 6.72. The fourth-order valence-electron chi connectivity index (χ4n) is 4.38. The SMILES string of the molecule is CN1CCC2(CC1)C1CCC(C1)[C@H]2N. The van der Waals surface area contributed by atoms with Crippen molar-refractivity contribution in [3.8, 4) is 0 Å². The first-order valence-corrected chi connectivity index (χ1v) is 6.16. The van der Waals surface area contributed by atoms with E-state index in [0.717, 1.165) is 11.8 Å². The molecule has 3 atom stereocenters. The number of hydrogen-bond acceptors (Lipinski definition) is 2. The van der Waals surface area contributed by atoms with Crippen LogP contribution in [0.5, 0.6) is 0 Å². The van der Waals surface area contributed by atoms with Crippen LogP contribution >= 0.6 is 0 Å². The largest absolute Gasteiger partial charge is 0.327 e. The van der Waals surface area contributed by atoms with Crippen LogP contribution in [0.4, 0.5) is 0 Å². The molecule has 0 amide bonds. The molecule has 3 rings (SSSR count). The molecule has 3 fully saturated rings. The lowest BCUT2D eigenvalue weighted by Crippen LogP contribution is -2.52. The van der Waals surface area contributed by atoms with Crippen LogP contribution < -0.4 is 5.73 Å². The van der Waals surface area contributed by atoms with Crippen molar-refractivity contribution in [3.63, 3.8) is 0 Å². The van der Waals surface area contributed by atoms with Gasteiger partial charge in [-0.15, -0.1) is 0 Å². The molecule has 0 aromatic heterocycles. The van der Waals surface area contributed by atoms with E-state index in [9.17, 15) is 0 Å². The minimum atomic E-state index is 0.537. The second-order valence-electron chi connectivity index (χ2n) is 5.83. The first kappa shape index (κ1) is 9.17. The molecule has 0 aromatic rings. The molecule has 14 heavy (non-hydrogen) atoms. The number of piperidine rings is 1. The Balaban J connectivity index is 1.83. The average Bonchev–Trinajstić information content (AvgIpc) is 2.75. The second-order valence-corrected chi connectivity index (χ2v) is 5.83. The van der Waals surface area contributed by atoms with E-state index >= 15 is 0 Å². The van der Waals surface area contributed by atoms with Crippen molar-refractivity contribution in [2.45, 2.75) is 38.1 Å². The molecule has 2 unspecified atom stereocenters. The number of fused-ring (bicyclic) bond motifs is 3. The van der Waals surface area contributed by atoms with Crippen LogP contribution in [0.15, 0.2) is 0 Å². The summed E-state index contributed by atoms with van der Waals surface area (Å²) < 4.78 is 0. The van der Waals surface area contributed by atoms with Gasteiger partial charge in [0.2, 0.25) is 0 Å². The zero-order valence-electron chi connectivity index (χ0n) is 9.21. The predicted octanol–water partition coefficient (Wildman–Crippen LogP) is 1.46. The number of nitrogens with zero attached hydrogens (tertiary/aromatic N) is 1. The molecule has 3 aliphatic rings. The molecule has 2 saturated carbocycles. The minimum Gasteiger partial charge on any atom is -0.327 e. The first-order valence-electron chi connectivity index (χ1n) is 6.16. The predicted molar refractivity (Wildman–Crippen MR) is 58.0 cm³/mol. The van der Waals surface area contributed by atoms with Gasteiger partial charge in [-0.25, -0.2) is 0 Å². The quantitative estimate of drug-likeness (QED) is 0.632. The average molecular weight is 194 g/mol. The highest BCUT2D eigenvalue weighted by atomic mass is 15.1. The third-order valence-corrected chi connectivity index (χ3v) is 5.38. The van der Waals surface area contributed by atoms with Gasteiger partial charge >= 0.3 is 0 Å². The van der Waals surface area contributed by atoms with E-state index in [1.54, 1.807) is 0 Å². The van der Waals surface area contributed by atoms with E-state index in [1.165, 1.54) is 45.2 Å². The normalized spacial score (nSPS) is 46.3. The lowest BCUT2D eigenvalue weighted by atomic mass is 9.64. The van der Waals surface area contributed by atoms with Crippen LogP contribution in [0.25, 0.3) is 0 Å². The van der Waals surface area contributed by atoms with Crippen molar-refractivity contribution in [1.29, 1.82) is 0 Å². The van der Waals surface area contributed by atoms with Gasteiger partial charge in [0.25, 0.3) is 0 Å². The van der Waals surface area contributed by atoms with Gasteiger partial charge < -0.3 is 10.6 Å². The van der Waals surface area contributed by atoms with Crippen molar-refractivity contribution in [3.05, 3.63) is 0 Å². The zero-order valence-corrected chi connectivity index (χ0v) is 9.21. The molecule has 2 heteroatoms. The van der Waals surface area contributed by atoms with E-state index in [0.29, 0.717) is 11.5 Å². The van der Waals surface area contributed by atoms with Gasteiger partial charge in [-0.1, -0.05) is 0 Å². The third kappa shape index (κ3) is 1.04. The fraction of sp³-hybridized carbons (Fsp3) is 1.00. The highest BCUT2D eigenvalue weighted by Gasteiger charge is 2.56. The smallest absolute Gasteiger partial charge is 0.0128 e. The van der Waals surface area contributed by atoms with E-state index in [1.807, 2.05) is 0 Å². The lowest BCUT2D eigenvalue weighted by Gasteiger charge is -2.47. The molecule has 2 nitrogen and oxygen atoms in total. The molecular formula is C12H22N2. The van der Waals surface area contributed by atoms with Crippen LogP contribution in [-0.4, -0.2) is 31.1 Å². The van der Waals surface area contributed by atoms with Gasteiger partial charge in [0, 0.05) is 6.04 Å². The van der Waals surface area contributed by atoms with Crippen LogP contribution in [0.2, 0.25) is 0 Å². The molecular weight excluding hydrogens is 172 g/mol. The Morgan fingerprint density at radius 1 is 1.21 bits per heavy atom. The van der Waals surface area contributed by atoms with E-state index in [4.69, 9.17) is 5.73 Å². The lowest BCUT2D eigenvalue weighted by molar-refractivity contribution is 0.0451. The van der Waals surface area contributed by atoms with E-state index in [-0.39, 0.29) is 0 Å². The summed E-state index contributed by atoms with van der Waals surface area (Å²) in [6.07, 6.45) is 7.08. The summed E-state index contributed by atoms with van der Waals surface area (Å²) in [7, 11) is 2.24. The van der Waals surface area contributed by atoms with Crippen molar-refractivity contribution < 1.29 is 0 Å². The molecule has 0 radical (unpaired) electrons. The highest BCUT2D eigenvalue weighted by Crippen LogP contribution is 2.59. The second kappa shape index (κ2) is 2.96. The number of hydrogen-bond donors (Lipinski definition) is 1. The zero-order chi connectivity index (χ0) is 9.76. The Labute approximate surface area is 86.8 Å². The molecule has 1 saturated heterocycles. The number of rotatable bonds is 0. The molecule has 1 spiro atoms. The maximum atomic E-state index is 6.46. The molecule has 2 N–H and O–H groups in total. The van der Waals surface area contributed by atoms with Gasteiger partial charge in [-0.05, 0) is 69.5 Å². The summed E-state index contributed by atoms with van der Waals surface area (Å²) in [5.74, 6) is 1.86. The topological polar surface area (TPSA) is 29.3 Å². The van der Waals surface area contributed by atoms with Crippen molar-refractivity contribution in [2.75, 3.05) is 20.1 Å². The maximum absolute atomic E-state index is 6.46. The maximum Gasteiger partial charge on any atom is 0.0128 e. The summed E-state index contributed by atoms with van der Waals surface area (Å²) in [6, 6.07) is 0.537. The Bertz CT molecular complexity index is 226. The van der Waals surface area contributed by atoms with Gasteiger partial charge in [0.15, 0.2) is 0 Å². The molecule has 2 bridgehead atoms. The molecule has 80 valence electrons. The van der Waals surface area contributed by atoms with Crippen molar-refractivity contribution in [2.24, 2.45) is 23.0 Å². The molecule has 1 aliphatic heterocycles. The standard InChI is InChI=1S/C12H22N2/c1-14-6-4-12(5-7-14)10-3-2-9(8-10)11(12)13/h9-11H,2-8,13H2,1H3/t9?,10?,11-/m1/s1. The summed E-state index contributed by atoms with van der Waals surface area (Å²) in [6.45, 7) is 2.55. The number of likely N-dealkylation sites (tertiary alicyclic amines) is 1. The van der Waals surface area contributed by atoms with Crippen LogP contribution in [0, 0.1) is 17.3 Å². The van der Waals surface area contributed by atoms with Crippen LogP contribution in [-0.2, 0) is 0 Å². The third-order valence-electron chi connectivity index (χ3n) is 5.38. The van der Waals surface area contributed by atoms with Crippen LogP contribution in [0.3, 0.4) is 0 Å². The Hall–Kier alpha value is -0.0800. The summed E-state index contributed by atoms with van der Waals surface area (Å²) in [5.41, 5.74) is 7.02.